The van der Waals surface area contributed by atoms with Crippen LogP contribution in [-0.4, -0.2) is 28.4 Å². The summed E-state index contributed by atoms with van der Waals surface area (Å²) in [5, 5.41) is 0. The van der Waals surface area contributed by atoms with Crippen LogP contribution in [0.4, 0.5) is 0 Å². The van der Waals surface area contributed by atoms with Crippen molar-refractivity contribution in [1.82, 2.24) is 0 Å². The summed E-state index contributed by atoms with van der Waals surface area (Å²) in [5.74, 6) is 2.96. The zero-order chi connectivity index (χ0) is 26.0. The summed E-state index contributed by atoms with van der Waals surface area (Å²) in [6, 6.07) is 32.5. The standard InChI is InChI=1S/C32H30O4S/c1-33-27-15-23(16-28(21-27)34-2)19-31(25-11-7-5-8-12-25)37-32(26-13-9-6-10-14-26)20-24-17-29(35-3)22-30(18-24)36-4/h5-22H,1-4H3. The van der Waals surface area contributed by atoms with E-state index in [1.165, 1.54) is 0 Å². The summed E-state index contributed by atoms with van der Waals surface area (Å²) >= 11 is 1.70. The summed E-state index contributed by atoms with van der Waals surface area (Å²) < 4.78 is 22.0. The Morgan fingerprint density at radius 3 is 1.11 bits per heavy atom. The Kier molecular flexibility index (Phi) is 8.95. The molecule has 0 fully saturated rings. The number of hydrogen-bond donors (Lipinski definition) is 0. The summed E-state index contributed by atoms with van der Waals surface area (Å²) in [6.45, 7) is 0. The highest BCUT2D eigenvalue weighted by atomic mass is 32.2. The topological polar surface area (TPSA) is 36.9 Å². The highest BCUT2D eigenvalue weighted by Crippen LogP contribution is 2.42. The van der Waals surface area contributed by atoms with E-state index in [-0.39, 0.29) is 0 Å². The Labute approximate surface area is 223 Å². The molecule has 0 radical (unpaired) electrons. The lowest BCUT2D eigenvalue weighted by Crippen LogP contribution is -1.90. The van der Waals surface area contributed by atoms with E-state index < -0.39 is 0 Å². The molecule has 5 heteroatoms. The summed E-state index contributed by atoms with van der Waals surface area (Å²) in [6.07, 6.45) is 4.32. The number of methoxy groups -OCH3 is 4. The second kappa shape index (κ2) is 12.7. The lowest BCUT2D eigenvalue weighted by molar-refractivity contribution is 0.394. The second-order valence-electron chi connectivity index (χ2n) is 8.14. The maximum Gasteiger partial charge on any atom is 0.123 e. The third-order valence-electron chi connectivity index (χ3n) is 5.68. The Hall–Kier alpha value is -4.09. The van der Waals surface area contributed by atoms with E-state index in [9.17, 15) is 0 Å². The van der Waals surface area contributed by atoms with Gasteiger partial charge in [-0.1, -0.05) is 72.4 Å². The first-order valence-electron chi connectivity index (χ1n) is 11.8. The first kappa shape index (κ1) is 26.0. The maximum atomic E-state index is 5.51. The fourth-order valence-corrected chi connectivity index (χ4v) is 4.93. The van der Waals surface area contributed by atoms with Gasteiger partial charge in [-0.2, -0.15) is 0 Å². The van der Waals surface area contributed by atoms with Crippen LogP contribution in [0, 0.1) is 0 Å². The van der Waals surface area contributed by atoms with E-state index in [1.807, 2.05) is 48.5 Å². The summed E-state index contributed by atoms with van der Waals surface area (Å²) in [7, 11) is 6.64. The van der Waals surface area contributed by atoms with Crippen LogP contribution in [-0.2, 0) is 0 Å². The molecule has 0 saturated carbocycles. The van der Waals surface area contributed by atoms with Gasteiger partial charge in [0.2, 0.25) is 0 Å². The molecule has 0 aliphatic heterocycles. The van der Waals surface area contributed by atoms with Gasteiger partial charge in [-0.25, -0.2) is 0 Å². The van der Waals surface area contributed by atoms with E-state index in [1.54, 1.807) is 40.2 Å². The minimum absolute atomic E-state index is 0.741. The molecule has 4 nitrogen and oxygen atoms in total. The Morgan fingerprint density at radius 2 is 0.811 bits per heavy atom. The zero-order valence-corrected chi connectivity index (χ0v) is 22.3. The smallest absolute Gasteiger partial charge is 0.123 e. The van der Waals surface area contributed by atoms with Crippen LogP contribution in [0.15, 0.2) is 97.1 Å². The van der Waals surface area contributed by atoms with E-state index in [0.717, 1.165) is 55.1 Å². The van der Waals surface area contributed by atoms with Crippen molar-refractivity contribution in [2.24, 2.45) is 0 Å². The van der Waals surface area contributed by atoms with E-state index in [4.69, 9.17) is 18.9 Å². The first-order valence-corrected chi connectivity index (χ1v) is 12.6. The molecule has 0 N–H and O–H groups in total. The predicted octanol–water partition coefficient (Wildman–Crippen LogP) is 8.15. The molecule has 0 heterocycles. The van der Waals surface area contributed by atoms with Crippen LogP contribution in [0.2, 0.25) is 0 Å². The molecule has 4 aromatic carbocycles. The SMILES string of the molecule is COc1cc(C=C(SC(=Cc2cc(OC)cc(OC)c2)c2ccccc2)c2ccccc2)cc(OC)c1. The molecule has 0 spiro atoms. The van der Waals surface area contributed by atoms with Crippen LogP contribution in [0.25, 0.3) is 22.0 Å². The van der Waals surface area contributed by atoms with Gasteiger partial charge < -0.3 is 18.9 Å². The van der Waals surface area contributed by atoms with Crippen molar-refractivity contribution in [3.05, 3.63) is 119 Å². The van der Waals surface area contributed by atoms with Gasteiger partial charge in [0, 0.05) is 21.9 Å². The third kappa shape index (κ3) is 6.99. The lowest BCUT2D eigenvalue weighted by atomic mass is 10.1. The van der Waals surface area contributed by atoms with Gasteiger partial charge in [0.25, 0.3) is 0 Å². The van der Waals surface area contributed by atoms with Crippen LogP contribution < -0.4 is 18.9 Å². The van der Waals surface area contributed by atoms with Crippen molar-refractivity contribution < 1.29 is 18.9 Å². The maximum absolute atomic E-state index is 5.51. The molecule has 4 rings (SSSR count). The van der Waals surface area contributed by atoms with Gasteiger partial charge >= 0.3 is 0 Å². The number of thioether (sulfide) groups is 1. The Bertz CT molecular complexity index is 1230. The number of ether oxygens (including phenoxy) is 4. The number of hydrogen-bond acceptors (Lipinski definition) is 5. The van der Waals surface area contributed by atoms with Gasteiger partial charge in [-0.15, -0.1) is 0 Å². The fourth-order valence-electron chi connectivity index (χ4n) is 3.80. The fraction of sp³-hybridized carbons (Fsp3) is 0.125. The Balaban J connectivity index is 1.85. The molecule has 188 valence electrons. The number of benzene rings is 4. The lowest BCUT2D eigenvalue weighted by Gasteiger charge is -2.14. The van der Waals surface area contributed by atoms with Gasteiger partial charge in [0.1, 0.15) is 23.0 Å². The third-order valence-corrected chi connectivity index (χ3v) is 6.83. The van der Waals surface area contributed by atoms with Gasteiger partial charge in [0.15, 0.2) is 0 Å². The first-order chi connectivity index (χ1) is 18.1. The van der Waals surface area contributed by atoms with Crippen LogP contribution in [0.1, 0.15) is 22.3 Å². The van der Waals surface area contributed by atoms with Crippen molar-refractivity contribution in [2.45, 2.75) is 0 Å². The molecule has 0 aromatic heterocycles. The molecule has 0 saturated heterocycles. The van der Waals surface area contributed by atoms with Gasteiger partial charge in [0.05, 0.1) is 28.4 Å². The average molecular weight is 511 g/mol. The molecule has 0 atom stereocenters. The predicted molar refractivity (Wildman–Crippen MR) is 155 cm³/mol. The van der Waals surface area contributed by atoms with Crippen molar-refractivity contribution in [3.8, 4) is 23.0 Å². The van der Waals surface area contributed by atoms with Crippen molar-refractivity contribution in [2.75, 3.05) is 28.4 Å². The molecule has 0 amide bonds. The Morgan fingerprint density at radius 1 is 0.486 bits per heavy atom. The van der Waals surface area contributed by atoms with Gasteiger partial charge in [-0.3, -0.25) is 0 Å². The zero-order valence-electron chi connectivity index (χ0n) is 21.4. The minimum atomic E-state index is 0.741. The quantitative estimate of drug-likeness (QED) is 0.201. The molecular formula is C32H30O4S. The number of rotatable bonds is 10. The largest absolute Gasteiger partial charge is 0.497 e. The normalized spacial score (nSPS) is 11.7. The average Bonchev–Trinajstić information content (AvgIpc) is 2.96. The summed E-state index contributed by atoms with van der Waals surface area (Å²) in [4.78, 5) is 2.17. The van der Waals surface area contributed by atoms with Crippen LogP contribution in [0.3, 0.4) is 0 Å². The molecule has 37 heavy (non-hydrogen) atoms. The van der Waals surface area contributed by atoms with Crippen LogP contribution in [0.5, 0.6) is 23.0 Å². The van der Waals surface area contributed by atoms with E-state index >= 15 is 0 Å². The van der Waals surface area contributed by atoms with Gasteiger partial charge in [-0.05, 0) is 58.7 Å². The van der Waals surface area contributed by atoms with E-state index in [2.05, 4.69) is 60.7 Å². The highest BCUT2D eigenvalue weighted by Gasteiger charge is 2.12. The van der Waals surface area contributed by atoms with Crippen molar-refractivity contribution >= 4 is 33.7 Å². The summed E-state index contributed by atoms with van der Waals surface area (Å²) in [5.41, 5.74) is 4.19. The van der Waals surface area contributed by atoms with Crippen molar-refractivity contribution in [1.29, 1.82) is 0 Å². The van der Waals surface area contributed by atoms with Crippen molar-refractivity contribution in [3.63, 3.8) is 0 Å². The monoisotopic (exact) mass is 510 g/mol. The van der Waals surface area contributed by atoms with E-state index in [0.29, 0.717) is 0 Å². The molecule has 4 aromatic rings. The molecular weight excluding hydrogens is 480 g/mol. The molecule has 0 aliphatic rings. The molecule has 0 aliphatic carbocycles. The second-order valence-corrected chi connectivity index (χ2v) is 9.23. The van der Waals surface area contributed by atoms with Crippen LogP contribution >= 0.6 is 11.8 Å². The molecule has 0 bridgehead atoms. The minimum Gasteiger partial charge on any atom is -0.497 e. The molecule has 0 unspecified atom stereocenters. The highest BCUT2D eigenvalue weighted by molar-refractivity contribution is 8.16.